The molecule has 0 aliphatic carbocycles. The smallest absolute Gasteiger partial charge is 0.331 e. The van der Waals surface area contributed by atoms with Gasteiger partial charge in [0.2, 0.25) is 0 Å². The molecule has 0 bridgehead atoms. The average molecular weight is 653 g/mol. The average Bonchev–Trinajstić information content (AvgIpc) is 3.01. The van der Waals surface area contributed by atoms with Crippen LogP contribution in [0.5, 0.6) is 5.75 Å². The number of aromatic nitrogens is 6. The fourth-order valence-corrected chi connectivity index (χ4v) is 4.62. The van der Waals surface area contributed by atoms with E-state index in [4.69, 9.17) is 9.47 Å². The van der Waals surface area contributed by atoms with Crippen molar-refractivity contribution >= 4 is 23.8 Å². The van der Waals surface area contributed by atoms with Gasteiger partial charge in [0.05, 0.1) is 62.6 Å². The molecule has 11 heteroatoms. The molecule has 0 atom stereocenters. The van der Waals surface area contributed by atoms with E-state index in [1.807, 2.05) is 75.3 Å². The fourth-order valence-electron chi connectivity index (χ4n) is 4.62. The first-order chi connectivity index (χ1) is 22.5. The Morgan fingerprint density at radius 3 is 1.75 bits per heavy atom. The van der Waals surface area contributed by atoms with Gasteiger partial charge in [0, 0.05) is 19.4 Å². The molecular formula is C37H44N6O5. The van der Waals surface area contributed by atoms with Crippen LogP contribution in [-0.4, -0.2) is 47.6 Å². The molecule has 48 heavy (non-hydrogen) atoms. The van der Waals surface area contributed by atoms with Crippen LogP contribution in [0.3, 0.4) is 0 Å². The first-order valence-electron chi connectivity index (χ1n) is 15.7. The Kier molecular flexibility index (Phi) is 12.9. The molecular weight excluding hydrogens is 608 g/mol. The highest BCUT2D eigenvalue weighted by atomic mass is 16.5. The van der Waals surface area contributed by atoms with Crippen LogP contribution >= 0.6 is 0 Å². The SMILES string of the molecule is CC(=O)Oc1ccc(/C=C/C(=O)OCc2nc(C)c(C)nc2C)cc1C.Cc1nc(C)c(CCC(=O)c2nc(C)c(C)nc2C)nc1C. The molecule has 0 aliphatic rings. The highest BCUT2D eigenvalue weighted by Crippen LogP contribution is 2.20. The Hall–Kier alpha value is -5.19. The molecule has 0 N–H and O–H groups in total. The van der Waals surface area contributed by atoms with Gasteiger partial charge in [-0.2, -0.15) is 0 Å². The lowest BCUT2D eigenvalue weighted by Crippen LogP contribution is -2.12. The second kappa shape index (κ2) is 16.6. The largest absolute Gasteiger partial charge is 0.456 e. The molecule has 3 aromatic heterocycles. The second-order valence-electron chi connectivity index (χ2n) is 11.7. The lowest BCUT2D eigenvalue weighted by atomic mass is 10.1. The molecule has 0 fully saturated rings. The number of carbonyl (C=O) groups is 3. The molecule has 0 saturated carbocycles. The Morgan fingerprint density at radius 1 is 0.646 bits per heavy atom. The molecule has 0 amide bonds. The van der Waals surface area contributed by atoms with Crippen LogP contribution in [0.25, 0.3) is 6.08 Å². The van der Waals surface area contributed by atoms with E-state index in [0.29, 0.717) is 35.7 Å². The Labute approximate surface area is 282 Å². The second-order valence-corrected chi connectivity index (χ2v) is 11.7. The summed E-state index contributed by atoms with van der Waals surface area (Å²) in [6.45, 7) is 20.3. The summed E-state index contributed by atoms with van der Waals surface area (Å²) in [6, 6.07) is 5.27. The molecule has 4 aromatic rings. The number of hydrogen-bond donors (Lipinski definition) is 0. The van der Waals surface area contributed by atoms with Gasteiger partial charge in [0.15, 0.2) is 5.78 Å². The van der Waals surface area contributed by atoms with Crippen LogP contribution in [0.4, 0.5) is 0 Å². The van der Waals surface area contributed by atoms with Gasteiger partial charge in [-0.05, 0) is 105 Å². The first-order valence-corrected chi connectivity index (χ1v) is 15.7. The van der Waals surface area contributed by atoms with E-state index in [2.05, 4.69) is 29.9 Å². The van der Waals surface area contributed by atoms with Crippen LogP contribution in [0.2, 0.25) is 0 Å². The Balaban J connectivity index is 0.000000264. The Bertz CT molecular complexity index is 1880. The number of rotatable bonds is 9. The molecule has 0 unspecified atom stereocenters. The van der Waals surface area contributed by atoms with Gasteiger partial charge >= 0.3 is 11.9 Å². The maximum absolute atomic E-state index is 12.4. The zero-order chi connectivity index (χ0) is 35.7. The molecule has 0 aliphatic heterocycles. The number of ether oxygens (including phenoxy) is 2. The van der Waals surface area contributed by atoms with E-state index >= 15 is 0 Å². The van der Waals surface area contributed by atoms with Crippen molar-refractivity contribution < 1.29 is 23.9 Å². The van der Waals surface area contributed by atoms with E-state index in [1.54, 1.807) is 18.2 Å². The van der Waals surface area contributed by atoms with E-state index < -0.39 is 5.97 Å². The van der Waals surface area contributed by atoms with Crippen molar-refractivity contribution in [2.24, 2.45) is 0 Å². The molecule has 3 heterocycles. The van der Waals surface area contributed by atoms with E-state index in [-0.39, 0.29) is 18.4 Å². The summed E-state index contributed by atoms with van der Waals surface area (Å²) in [5, 5.41) is 0. The highest BCUT2D eigenvalue weighted by molar-refractivity contribution is 5.95. The monoisotopic (exact) mass is 652 g/mol. The minimum Gasteiger partial charge on any atom is -0.456 e. The van der Waals surface area contributed by atoms with Gasteiger partial charge in [-0.25, -0.2) is 9.78 Å². The summed E-state index contributed by atoms with van der Waals surface area (Å²) in [4.78, 5) is 61.9. The summed E-state index contributed by atoms with van der Waals surface area (Å²) in [5.41, 5.74) is 11.1. The predicted octanol–water partition coefficient (Wildman–Crippen LogP) is 6.32. The maximum atomic E-state index is 12.4. The molecule has 1 aromatic carbocycles. The van der Waals surface area contributed by atoms with Crippen LogP contribution in [-0.2, 0) is 27.4 Å². The fraction of sp³-hybridized carbons (Fsp3) is 0.378. The van der Waals surface area contributed by atoms with Crippen molar-refractivity contribution in [1.29, 1.82) is 0 Å². The molecule has 252 valence electrons. The number of benzene rings is 1. The van der Waals surface area contributed by atoms with Crippen LogP contribution < -0.4 is 4.74 Å². The minimum atomic E-state index is -0.467. The van der Waals surface area contributed by atoms with Gasteiger partial charge in [-0.1, -0.05) is 6.07 Å². The number of hydrogen-bond acceptors (Lipinski definition) is 11. The van der Waals surface area contributed by atoms with Crippen LogP contribution in [0, 0.1) is 69.2 Å². The van der Waals surface area contributed by atoms with Gasteiger partial charge in [0.1, 0.15) is 18.1 Å². The van der Waals surface area contributed by atoms with E-state index in [1.165, 1.54) is 13.0 Å². The molecule has 0 saturated heterocycles. The number of carbonyl (C=O) groups excluding carboxylic acids is 3. The summed E-state index contributed by atoms with van der Waals surface area (Å²) >= 11 is 0. The number of Topliss-reactive ketones (excluding diaryl/α,β-unsaturated/α-hetero) is 1. The third kappa shape index (κ3) is 10.4. The summed E-state index contributed by atoms with van der Waals surface area (Å²) in [6.07, 6.45) is 3.94. The molecule has 4 rings (SSSR count). The third-order valence-electron chi connectivity index (χ3n) is 7.71. The highest BCUT2D eigenvalue weighted by Gasteiger charge is 2.16. The molecule has 0 radical (unpaired) electrons. The van der Waals surface area contributed by atoms with Crippen molar-refractivity contribution in [3.8, 4) is 5.75 Å². The zero-order valence-electron chi connectivity index (χ0n) is 29.7. The quantitative estimate of drug-likeness (QED) is 0.0865. The third-order valence-corrected chi connectivity index (χ3v) is 7.71. The molecule has 0 spiro atoms. The predicted molar refractivity (Wildman–Crippen MR) is 183 cm³/mol. The van der Waals surface area contributed by atoms with Gasteiger partial charge < -0.3 is 9.47 Å². The number of esters is 2. The van der Waals surface area contributed by atoms with Crippen molar-refractivity contribution in [2.45, 2.75) is 95.6 Å². The number of aryl methyl sites for hydroxylation is 11. The lowest BCUT2D eigenvalue weighted by molar-refractivity contribution is -0.139. The lowest BCUT2D eigenvalue weighted by Gasteiger charge is -2.09. The van der Waals surface area contributed by atoms with E-state index in [0.717, 1.165) is 62.4 Å². The van der Waals surface area contributed by atoms with Gasteiger partial charge in [-0.15, -0.1) is 0 Å². The topological polar surface area (TPSA) is 147 Å². The van der Waals surface area contributed by atoms with Crippen molar-refractivity contribution in [2.75, 3.05) is 0 Å². The van der Waals surface area contributed by atoms with Crippen molar-refractivity contribution in [3.63, 3.8) is 0 Å². The minimum absolute atomic E-state index is 0.00697. The summed E-state index contributed by atoms with van der Waals surface area (Å²) < 4.78 is 10.3. The normalized spacial score (nSPS) is 10.8. The van der Waals surface area contributed by atoms with Crippen LogP contribution in [0.1, 0.15) is 97.6 Å². The van der Waals surface area contributed by atoms with Crippen molar-refractivity contribution in [1.82, 2.24) is 29.9 Å². The summed E-state index contributed by atoms with van der Waals surface area (Å²) in [5.74, 6) is -0.329. The zero-order valence-corrected chi connectivity index (χ0v) is 29.7. The maximum Gasteiger partial charge on any atom is 0.331 e. The number of nitrogens with zero attached hydrogens (tertiary/aromatic N) is 6. The molecule has 11 nitrogen and oxygen atoms in total. The van der Waals surface area contributed by atoms with Gasteiger partial charge in [0.25, 0.3) is 0 Å². The van der Waals surface area contributed by atoms with Crippen LogP contribution in [0.15, 0.2) is 24.3 Å². The van der Waals surface area contributed by atoms with E-state index in [9.17, 15) is 14.4 Å². The first kappa shape index (κ1) is 37.3. The number of ketones is 1. The Morgan fingerprint density at radius 2 is 1.17 bits per heavy atom. The standard InChI is InChI=1S/C20H22N2O4.C17H22N4O/c1-12-10-17(6-8-19(12)26-16(5)23)7-9-20(24)25-11-18-15(4)21-13(2)14(3)22-18;1-9-11(3)20-15(13(5)18-9)7-8-16(22)17-14(6)19-10(2)12(4)21-17/h6-10H,11H2,1-5H3;7-8H2,1-6H3/b9-7+;. The summed E-state index contributed by atoms with van der Waals surface area (Å²) in [7, 11) is 0. The van der Waals surface area contributed by atoms with Crippen molar-refractivity contribution in [3.05, 3.63) is 104 Å². The van der Waals surface area contributed by atoms with Gasteiger partial charge in [-0.3, -0.25) is 34.5 Å².